The first-order valence-corrected chi connectivity index (χ1v) is 6.59. The highest BCUT2D eigenvalue weighted by Crippen LogP contribution is 2.18. The van der Waals surface area contributed by atoms with Crippen LogP contribution in [0, 0.1) is 17.0 Å². The van der Waals surface area contributed by atoms with Gasteiger partial charge in [0.05, 0.1) is 10.7 Å². The summed E-state index contributed by atoms with van der Waals surface area (Å²) in [5.41, 5.74) is 0.316. The normalized spacial score (nSPS) is 10.2. The number of nitrogens with zero attached hydrogens (tertiary/aromatic N) is 3. The number of aryl methyl sites for hydroxylation is 1. The lowest BCUT2D eigenvalue weighted by molar-refractivity contribution is -0.384. The maximum absolute atomic E-state index is 11.7. The first-order chi connectivity index (χ1) is 9.54. The third-order valence-corrected chi connectivity index (χ3v) is 3.10. The number of thioether (sulfide) groups is 1. The lowest BCUT2D eigenvalue weighted by atomic mass is 10.3. The molecule has 2 rings (SSSR count). The molecule has 8 nitrogen and oxygen atoms in total. The van der Waals surface area contributed by atoms with E-state index in [1.54, 1.807) is 13.0 Å². The predicted molar refractivity (Wildman–Crippen MR) is 73.6 cm³/mol. The van der Waals surface area contributed by atoms with Crippen LogP contribution >= 0.6 is 11.8 Å². The summed E-state index contributed by atoms with van der Waals surface area (Å²) in [6.07, 6.45) is 0. The minimum Gasteiger partial charge on any atom is -0.325 e. The van der Waals surface area contributed by atoms with E-state index in [9.17, 15) is 14.9 Å². The Bertz CT molecular complexity index is 642. The van der Waals surface area contributed by atoms with Crippen LogP contribution in [0.4, 0.5) is 11.4 Å². The van der Waals surface area contributed by atoms with Crippen molar-refractivity contribution in [2.24, 2.45) is 0 Å². The van der Waals surface area contributed by atoms with E-state index >= 15 is 0 Å². The smallest absolute Gasteiger partial charge is 0.271 e. The Morgan fingerprint density at radius 2 is 2.35 bits per heavy atom. The van der Waals surface area contributed by atoms with Gasteiger partial charge < -0.3 is 5.32 Å². The quantitative estimate of drug-likeness (QED) is 0.493. The number of amides is 1. The minimum absolute atomic E-state index is 0.0694. The highest BCUT2D eigenvalue weighted by atomic mass is 32.2. The molecular weight excluding hydrogens is 282 g/mol. The lowest BCUT2D eigenvalue weighted by Crippen LogP contribution is -2.14. The standard InChI is InChI=1S/C11H11N5O3S/c1-7-12-11(15-14-7)20-6-10(17)13-8-3-2-4-9(5-8)16(18)19/h2-5H,6H2,1H3,(H,13,17)(H,12,14,15). The summed E-state index contributed by atoms with van der Waals surface area (Å²) in [5, 5.41) is 20.3. The largest absolute Gasteiger partial charge is 0.325 e. The van der Waals surface area contributed by atoms with Gasteiger partial charge in [0, 0.05) is 17.8 Å². The molecule has 104 valence electrons. The maximum Gasteiger partial charge on any atom is 0.271 e. The number of nitro benzene ring substituents is 1. The molecule has 0 atom stereocenters. The Morgan fingerprint density at radius 3 is 3.00 bits per heavy atom. The van der Waals surface area contributed by atoms with Gasteiger partial charge in [0.15, 0.2) is 0 Å². The summed E-state index contributed by atoms with van der Waals surface area (Å²) in [6, 6.07) is 5.77. The minimum atomic E-state index is -0.513. The molecule has 2 aromatic rings. The molecule has 0 bridgehead atoms. The molecule has 1 amide bonds. The average molecular weight is 293 g/mol. The van der Waals surface area contributed by atoms with Crippen LogP contribution in [0.5, 0.6) is 0 Å². The molecule has 1 aromatic heterocycles. The summed E-state index contributed by atoms with van der Waals surface area (Å²) < 4.78 is 0. The number of non-ortho nitro benzene ring substituents is 1. The molecule has 0 aliphatic carbocycles. The van der Waals surface area contributed by atoms with Crippen molar-refractivity contribution in [2.45, 2.75) is 12.1 Å². The summed E-state index contributed by atoms with van der Waals surface area (Å²) in [7, 11) is 0. The molecule has 9 heteroatoms. The van der Waals surface area contributed by atoms with Gasteiger partial charge in [0.1, 0.15) is 5.82 Å². The molecule has 1 aromatic carbocycles. The van der Waals surface area contributed by atoms with Gasteiger partial charge in [0.2, 0.25) is 11.1 Å². The Balaban J connectivity index is 1.91. The highest BCUT2D eigenvalue weighted by Gasteiger charge is 2.09. The number of aromatic nitrogens is 3. The molecule has 0 fully saturated rings. The zero-order valence-corrected chi connectivity index (χ0v) is 11.3. The number of benzene rings is 1. The fraction of sp³-hybridized carbons (Fsp3) is 0.182. The zero-order chi connectivity index (χ0) is 14.5. The van der Waals surface area contributed by atoms with E-state index in [1.165, 1.54) is 30.0 Å². The molecule has 0 saturated heterocycles. The number of anilines is 1. The van der Waals surface area contributed by atoms with Crippen molar-refractivity contribution < 1.29 is 9.72 Å². The number of hydrogen-bond acceptors (Lipinski definition) is 6. The molecule has 0 unspecified atom stereocenters. The van der Waals surface area contributed by atoms with E-state index in [0.29, 0.717) is 16.7 Å². The Labute approximate surface area is 118 Å². The molecule has 0 aliphatic rings. The van der Waals surface area contributed by atoms with Crippen molar-refractivity contribution in [1.82, 2.24) is 15.2 Å². The van der Waals surface area contributed by atoms with Gasteiger partial charge >= 0.3 is 0 Å². The first-order valence-electron chi connectivity index (χ1n) is 5.61. The van der Waals surface area contributed by atoms with E-state index < -0.39 is 4.92 Å². The van der Waals surface area contributed by atoms with Crippen molar-refractivity contribution >= 4 is 29.0 Å². The highest BCUT2D eigenvalue weighted by molar-refractivity contribution is 7.99. The van der Waals surface area contributed by atoms with Crippen molar-refractivity contribution in [2.75, 3.05) is 11.1 Å². The van der Waals surface area contributed by atoms with Crippen molar-refractivity contribution in [3.05, 3.63) is 40.2 Å². The van der Waals surface area contributed by atoms with Gasteiger partial charge in [-0.15, -0.1) is 5.10 Å². The third-order valence-electron chi connectivity index (χ3n) is 2.25. The van der Waals surface area contributed by atoms with Crippen LogP contribution in [0.25, 0.3) is 0 Å². The second kappa shape index (κ2) is 6.15. The van der Waals surface area contributed by atoms with Gasteiger partial charge in [-0.25, -0.2) is 4.98 Å². The van der Waals surface area contributed by atoms with Crippen LogP contribution in [0.1, 0.15) is 5.82 Å². The van der Waals surface area contributed by atoms with Gasteiger partial charge in [-0.2, -0.15) is 0 Å². The van der Waals surface area contributed by atoms with Crippen LogP contribution in [-0.4, -0.2) is 31.8 Å². The van der Waals surface area contributed by atoms with Crippen LogP contribution in [0.3, 0.4) is 0 Å². The fourth-order valence-electron chi connectivity index (χ4n) is 1.41. The second-order valence-corrected chi connectivity index (χ2v) is 4.79. The summed E-state index contributed by atoms with van der Waals surface area (Å²) in [5.74, 6) is 0.518. The van der Waals surface area contributed by atoms with Crippen molar-refractivity contribution in [3.8, 4) is 0 Å². The van der Waals surface area contributed by atoms with Gasteiger partial charge in [-0.3, -0.25) is 20.0 Å². The molecule has 0 aliphatic heterocycles. The van der Waals surface area contributed by atoms with E-state index in [2.05, 4.69) is 20.5 Å². The molecule has 0 saturated carbocycles. The predicted octanol–water partition coefficient (Wildman–Crippen LogP) is 1.75. The van der Waals surface area contributed by atoms with E-state index in [1.807, 2.05) is 0 Å². The third kappa shape index (κ3) is 3.79. The van der Waals surface area contributed by atoms with Crippen LogP contribution in [0.2, 0.25) is 0 Å². The van der Waals surface area contributed by atoms with Crippen LogP contribution in [0.15, 0.2) is 29.4 Å². The van der Waals surface area contributed by atoms with E-state index in [-0.39, 0.29) is 17.3 Å². The van der Waals surface area contributed by atoms with Gasteiger partial charge in [-0.1, -0.05) is 17.8 Å². The van der Waals surface area contributed by atoms with Gasteiger partial charge in [0.25, 0.3) is 5.69 Å². The topological polar surface area (TPSA) is 114 Å². The van der Waals surface area contributed by atoms with Crippen LogP contribution < -0.4 is 5.32 Å². The number of hydrogen-bond donors (Lipinski definition) is 2. The van der Waals surface area contributed by atoms with E-state index in [0.717, 1.165) is 0 Å². The first kappa shape index (κ1) is 14.0. The molecular formula is C11H11N5O3S. The Morgan fingerprint density at radius 1 is 1.55 bits per heavy atom. The summed E-state index contributed by atoms with van der Waals surface area (Å²) in [6.45, 7) is 1.76. The summed E-state index contributed by atoms with van der Waals surface area (Å²) >= 11 is 1.18. The van der Waals surface area contributed by atoms with Crippen molar-refractivity contribution in [1.29, 1.82) is 0 Å². The summed E-state index contributed by atoms with van der Waals surface area (Å²) in [4.78, 5) is 25.9. The monoisotopic (exact) mass is 293 g/mol. The Kier molecular flexibility index (Phi) is 4.31. The fourth-order valence-corrected chi connectivity index (χ4v) is 2.06. The van der Waals surface area contributed by atoms with Crippen LogP contribution in [-0.2, 0) is 4.79 Å². The number of aromatic amines is 1. The number of carbonyl (C=O) groups excluding carboxylic acids is 1. The molecule has 2 N–H and O–H groups in total. The van der Waals surface area contributed by atoms with Crippen molar-refractivity contribution in [3.63, 3.8) is 0 Å². The number of rotatable bonds is 5. The number of H-pyrrole nitrogens is 1. The molecule has 1 heterocycles. The SMILES string of the molecule is Cc1nc(SCC(=O)Nc2cccc([N+](=O)[O-])c2)n[nH]1. The lowest BCUT2D eigenvalue weighted by Gasteiger charge is -2.03. The van der Waals surface area contributed by atoms with Gasteiger partial charge in [-0.05, 0) is 13.0 Å². The number of carbonyl (C=O) groups is 1. The second-order valence-electron chi connectivity index (χ2n) is 3.85. The maximum atomic E-state index is 11.7. The molecule has 20 heavy (non-hydrogen) atoms. The number of nitrogens with one attached hydrogen (secondary N) is 2. The van der Waals surface area contributed by atoms with E-state index in [4.69, 9.17) is 0 Å². The molecule has 0 radical (unpaired) electrons. The Hall–Kier alpha value is -2.42. The zero-order valence-electron chi connectivity index (χ0n) is 10.5. The average Bonchev–Trinajstić information content (AvgIpc) is 2.82. The molecule has 0 spiro atoms. The number of nitro groups is 1.